The number of amides is 1. The summed E-state index contributed by atoms with van der Waals surface area (Å²) >= 11 is 1.66. The summed E-state index contributed by atoms with van der Waals surface area (Å²) in [6, 6.07) is 21.6. The minimum Gasteiger partial charge on any atom is -0.380 e. The van der Waals surface area contributed by atoms with E-state index in [0.29, 0.717) is 30.8 Å². The van der Waals surface area contributed by atoms with Crippen LogP contribution in [0.1, 0.15) is 28.4 Å². The van der Waals surface area contributed by atoms with Gasteiger partial charge in [0, 0.05) is 39.6 Å². The van der Waals surface area contributed by atoms with Gasteiger partial charge in [-0.2, -0.15) is 0 Å². The summed E-state index contributed by atoms with van der Waals surface area (Å²) in [4.78, 5) is 19.7. The molecule has 1 amide bonds. The molecule has 0 unspecified atom stereocenters. The highest BCUT2D eigenvalue weighted by molar-refractivity contribution is 7.99. The topological polar surface area (TPSA) is 50.7 Å². The molecule has 3 aromatic carbocycles. The largest absolute Gasteiger partial charge is 0.380 e. The van der Waals surface area contributed by atoms with E-state index in [1.807, 2.05) is 61.5 Å². The fourth-order valence-corrected chi connectivity index (χ4v) is 4.23. The summed E-state index contributed by atoms with van der Waals surface area (Å²) in [6.07, 6.45) is 0. The predicted octanol–water partition coefficient (Wildman–Crippen LogP) is 3.88. The van der Waals surface area contributed by atoms with E-state index in [1.165, 1.54) is 0 Å². The Morgan fingerprint density at radius 1 is 1.07 bits per heavy atom. The Morgan fingerprint density at radius 3 is 2.67 bits per heavy atom. The lowest BCUT2D eigenvalue weighted by Gasteiger charge is -2.09. The molecule has 0 spiro atoms. The number of fused-ring (bicyclic) bond motifs is 2. The van der Waals surface area contributed by atoms with Crippen molar-refractivity contribution in [1.29, 1.82) is 0 Å². The van der Waals surface area contributed by atoms with E-state index < -0.39 is 0 Å². The van der Waals surface area contributed by atoms with Gasteiger partial charge in [-0.3, -0.25) is 4.79 Å². The zero-order valence-corrected chi connectivity index (χ0v) is 17.5. The van der Waals surface area contributed by atoms with Crippen LogP contribution in [0.2, 0.25) is 0 Å². The maximum Gasteiger partial charge on any atom is 0.251 e. The number of nitrogens with zero attached hydrogens (tertiary/aromatic N) is 1. The third kappa shape index (κ3) is 4.50. The molecule has 0 saturated heterocycles. The highest BCUT2D eigenvalue weighted by Crippen LogP contribution is 2.41. The zero-order chi connectivity index (χ0) is 20.9. The van der Waals surface area contributed by atoms with Gasteiger partial charge in [0.15, 0.2) is 0 Å². The second kappa shape index (κ2) is 9.33. The van der Waals surface area contributed by atoms with Crippen LogP contribution in [0, 0.1) is 0 Å². The molecule has 1 N–H and O–H groups in total. The lowest BCUT2D eigenvalue weighted by Crippen LogP contribution is -2.27. The van der Waals surface area contributed by atoms with Gasteiger partial charge in [-0.1, -0.05) is 59.7 Å². The van der Waals surface area contributed by atoms with E-state index in [-0.39, 0.29) is 5.91 Å². The van der Waals surface area contributed by atoms with Crippen molar-refractivity contribution in [2.75, 3.05) is 19.8 Å². The lowest BCUT2D eigenvalue weighted by atomic mass is 9.93. The van der Waals surface area contributed by atoms with Gasteiger partial charge < -0.3 is 10.1 Å². The molecule has 0 saturated carbocycles. The Hall–Kier alpha value is -2.83. The summed E-state index contributed by atoms with van der Waals surface area (Å²) in [5.74, 6) is -0.131. The van der Waals surface area contributed by atoms with Crippen molar-refractivity contribution >= 4 is 42.4 Å². The fourth-order valence-electron chi connectivity index (χ4n) is 3.23. The van der Waals surface area contributed by atoms with Crippen molar-refractivity contribution in [3.8, 4) is 0 Å². The molecule has 4 rings (SSSR count). The average molecular weight is 412 g/mol. The Balaban J connectivity index is 1.72. The third-order valence-corrected chi connectivity index (χ3v) is 5.88. The predicted molar refractivity (Wildman–Crippen MR) is 123 cm³/mol. The van der Waals surface area contributed by atoms with Crippen LogP contribution in [0.4, 0.5) is 5.69 Å². The van der Waals surface area contributed by atoms with Gasteiger partial charge in [-0.25, -0.2) is 4.99 Å². The molecule has 148 valence electrons. The molecule has 6 heteroatoms. The van der Waals surface area contributed by atoms with Crippen molar-refractivity contribution in [1.82, 2.24) is 5.32 Å². The molecule has 1 aliphatic rings. The average Bonchev–Trinajstić information content (AvgIpc) is 2.93. The molecule has 0 atom stereocenters. The maximum absolute atomic E-state index is 12.6. The van der Waals surface area contributed by atoms with E-state index in [1.54, 1.807) is 11.8 Å². The fraction of sp³-hybridized carbons (Fsp3) is 0.167. The van der Waals surface area contributed by atoms with E-state index in [9.17, 15) is 4.79 Å². The molecule has 30 heavy (non-hydrogen) atoms. The minimum atomic E-state index is -0.131. The number of rotatable bonds is 6. The normalized spacial score (nSPS) is 12.4. The molecular formula is C24H21BN2O2S. The number of carbonyl (C=O) groups is 1. The minimum absolute atomic E-state index is 0.131. The first kappa shape index (κ1) is 20.4. The Bertz CT molecular complexity index is 1100. The highest BCUT2D eigenvalue weighted by Gasteiger charge is 2.19. The maximum atomic E-state index is 12.6. The number of hydrogen-bond acceptors (Lipinski definition) is 4. The first-order valence-corrected chi connectivity index (χ1v) is 10.7. The summed E-state index contributed by atoms with van der Waals surface area (Å²) in [5, 5.41) is 2.89. The van der Waals surface area contributed by atoms with Gasteiger partial charge in [0.25, 0.3) is 5.91 Å². The first-order valence-electron chi connectivity index (χ1n) is 9.87. The van der Waals surface area contributed by atoms with Crippen LogP contribution in [0.15, 0.2) is 81.5 Å². The molecule has 0 bridgehead atoms. The monoisotopic (exact) mass is 412 g/mol. The van der Waals surface area contributed by atoms with E-state index in [2.05, 4.69) is 17.4 Å². The summed E-state index contributed by atoms with van der Waals surface area (Å²) in [6.45, 7) is 3.54. The van der Waals surface area contributed by atoms with Gasteiger partial charge in [0.2, 0.25) is 0 Å². The smallest absolute Gasteiger partial charge is 0.251 e. The Morgan fingerprint density at radius 2 is 1.87 bits per heavy atom. The molecule has 0 fully saturated rings. The van der Waals surface area contributed by atoms with Crippen LogP contribution in [0.25, 0.3) is 0 Å². The summed E-state index contributed by atoms with van der Waals surface area (Å²) in [7, 11) is 5.87. The quantitative estimate of drug-likeness (QED) is 0.386. The summed E-state index contributed by atoms with van der Waals surface area (Å²) < 4.78 is 5.29. The van der Waals surface area contributed by atoms with Crippen molar-refractivity contribution in [2.24, 2.45) is 4.99 Å². The van der Waals surface area contributed by atoms with Crippen molar-refractivity contribution in [3.63, 3.8) is 0 Å². The number of hydrogen-bond donors (Lipinski definition) is 1. The van der Waals surface area contributed by atoms with Crippen LogP contribution in [0.3, 0.4) is 0 Å². The highest BCUT2D eigenvalue weighted by atomic mass is 32.2. The van der Waals surface area contributed by atoms with Gasteiger partial charge >= 0.3 is 0 Å². The molecule has 1 aliphatic heterocycles. The van der Waals surface area contributed by atoms with Gasteiger partial charge in [0.1, 0.15) is 7.85 Å². The third-order valence-electron chi connectivity index (χ3n) is 4.74. The molecule has 2 radical (unpaired) electrons. The second-order valence-electron chi connectivity index (χ2n) is 6.82. The molecule has 4 nitrogen and oxygen atoms in total. The van der Waals surface area contributed by atoms with Crippen LogP contribution in [0.5, 0.6) is 0 Å². The van der Waals surface area contributed by atoms with E-state index in [4.69, 9.17) is 17.6 Å². The number of ether oxygens (including phenoxy) is 1. The number of carbonyl (C=O) groups excluding carboxylic acids is 1. The van der Waals surface area contributed by atoms with Crippen molar-refractivity contribution in [3.05, 3.63) is 83.4 Å². The summed E-state index contributed by atoms with van der Waals surface area (Å²) in [5.41, 5.74) is 4.98. The van der Waals surface area contributed by atoms with Crippen molar-refractivity contribution < 1.29 is 9.53 Å². The van der Waals surface area contributed by atoms with Crippen LogP contribution < -0.4 is 10.8 Å². The Kier molecular flexibility index (Phi) is 6.36. The van der Waals surface area contributed by atoms with Gasteiger partial charge in [0.05, 0.1) is 18.0 Å². The first-order chi connectivity index (χ1) is 14.7. The second-order valence-corrected chi connectivity index (χ2v) is 7.90. The molecular weight excluding hydrogens is 391 g/mol. The molecule has 1 heterocycles. The van der Waals surface area contributed by atoms with Crippen LogP contribution in [-0.4, -0.2) is 39.2 Å². The van der Waals surface area contributed by atoms with Crippen LogP contribution >= 0.6 is 11.8 Å². The molecule has 0 aromatic heterocycles. The SMILES string of the molecule is [B]c1ccc(C2=Nc3cc(C(=O)NCCOCC)ccc3Sc3ccccc32)cc1. The zero-order valence-electron chi connectivity index (χ0n) is 16.7. The van der Waals surface area contributed by atoms with Gasteiger partial charge in [-0.05, 0) is 31.2 Å². The van der Waals surface area contributed by atoms with Crippen LogP contribution in [-0.2, 0) is 4.74 Å². The standard InChI is InChI=1S/C24H21BN2O2S/c1-2-29-14-13-26-24(28)17-9-12-22-20(15-17)27-23(16-7-10-18(25)11-8-16)19-5-3-4-6-21(19)30-22/h3-12,15H,2,13-14H2,1H3,(H,26,28). The Labute approximate surface area is 182 Å². The molecule has 3 aromatic rings. The lowest BCUT2D eigenvalue weighted by molar-refractivity contribution is 0.0922. The van der Waals surface area contributed by atoms with E-state index in [0.717, 1.165) is 32.3 Å². The molecule has 0 aliphatic carbocycles. The number of nitrogens with one attached hydrogen (secondary N) is 1. The van der Waals surface area contributed by atoms with Gasteiger partial charge in [-0.15, -0.1) is 0 Å². The van der Waals surface area contributed by atoms with Crippen molar-refractivity contribution in [2.45, 2.75) is 16.7 Å². The van der Waals surface area contributed by atoms with E-state index >= 15 is 0 Å². The number of aliphatic imine (C=N–C) groups is 1. The number of benzene rings is 3.